The smallest absolute Gasteiger partial charge is 0.0468 e. The predicted molar refractivity (Wildman–Crippen MR) is 87.8 cm³/mol. The van der Waals surface area contributed by atoms with E-state index in [1.807, 2.05) is 27.7 Å². The highest BCUT2D eigenvalue weighted by Crippen LogP contribution is 2.13. The molecule has 0 amide bonds. The highest BCUT2D eigenvalue weighted by Gasteiger charge is 2.10. The zero-order valence-electron chi connectivity index (χ0n) is 14.7. The van der Waals surface area contributed by atoms with E-state index in [9.17, 15) is 0 Å². The summed E-state index contributed by atoms with van der Waals surface area (Å²) in [7, 11) is 2.20. The predicted octanol–water partition coefficient (Wildman–Crippen LogP) is 4.83. The van der Waals surface area contributed by atoms with Crippen LogP contribution in [0.15, 0.2) is 0 Å². The largest absolute Gasteiger partial charge is 0.381 e. The van der Waals surface area contributed by atoms with Gasteiger partial charge in [-0.05, 0) is 57.7 Å². The van der Waals surface area contributed by atoms with Crippen LogP contribution in [0.5, 0.6) is 0 Å². The fourth-order valence-corrected chi connectivity index (χ4v) is 1.95. The second-order valence-corrected chi connectivity index (χ2v) is 5.28. The lowest BCUT2D eigenvalue weighted by atomic mass is 10.00. The van der Waals surface area contributed by atoms with E-state index < -0.39 is 0 Å². The first kappa shape index (κ1) is 21.2. The van der Waals surface area contributed by atoms with Gasteiger partial charge < -0.3 is 9.64 Å². The molecular formula is C17H39NO. The summed E-state index contributed by atoms with van der Waals surface area (Å²) in [5, 5.41) is 0. The van der Waals surface area contributed by atoms with Crippen LogP contribution in [0.2, 0.25) is 0 Å². The van der Waals surface area contributed by atoms with E-state index in [0.29, 0.717) is 0 Å². The third kappa shape index (κ3) is 14.1. The molecule has 2 heterocycles. The van der Waals surface area contributed by atoms with Crippen molar-refractivity contribution in [1.82, 2.24) is 4.90 Å². The van der Waals surface area contributed by atoms with Crippen molar-refractivity contribution < 1.29 is 4.74 Å². The van der Waals surface area contributed by atoms with E-state index in [0.717, 1.165) is 25.0 Å². The molecule has 2 saturated heterocycles. The Kier molecular flexibility index (Phi) is 17.8. The molecule has 2 heteroatoms. The molecular weight excluding hydrogens is 234 g/mol. The average Bonchev–Trinajstić information content (AvgIpc) is 2.48. The fourth-order valence-electron chi connectivity index (χ4n) is 1.95. The van der Waals surface area contributed by atoms with Crippen LogP contribution in [0.25, 0.3) is 0 Å². The molecule has 19 heavy (non-hydrogen) atoms. The van der Waals surface area contributed by atoms with Crippen LogP contribution in [-0.2, 0) is 4.74 Å². The molecule has 2 aliphatic heterocycles. The number of piperidine rings is 1. The summed E-state index contributed by atoms with van der Waals surface area (Å²) in [5.41, 5.74) is 0. The van der Waals surface area contributed by atoms with Gasteiger partial charge in [0.25, 0.3) is 0 Å². The van der Waals surface area contributed by atoms with Gasteiger partial charge in [-0.15, -0.1) is 0 Å². The molecule has 0 unspecified atom stereocenters. The van der Waals surface area contributed by atoms with Crippen LogP contribution in [0.4, 0.5) is 0 Å². The number of likely N-dealkylation sites (tertiary alicyclic amines) is 1. The Morgan fingerprint density at radius 3 is 1.37 bits per heavy atom. The molecule has 0 aromatic rings. The number of hydrogen-bond acceptors (Lipinski definition) is 2. The molecule has 0 spiro atoms. The van der Waals surface area contributed by atoms with Crippen LogP contribution >= 0.6 is 0 Å². The Morgan fingerprint density at radius 1 is 0.737 bits per heavy atom. The standard InChI is InChI=1S/C7H15N.C6H12O.2C2H6/c1-7-3-5-8(2)6-4-7;1-6-2-4-7-5-3-6;2*1-2/h7H,3-6H2,1-2H3;6H,2-5H2,1H3;2*1-2H3. The van der Waals surface area contributed by atoms with Gasteiger partial charge in [-0.25, -0.2) is 0 Å². The van der Waals surface area contributed by atoms with Gasteiger partial charge in [0.1, 0.15) is 0 Å². The molecule has 0 aliphatic carbocycles. The lowest BCUT2D eigenvalue weighted by molar-refractivity contribution is 0.0716. The minimum atomic E-state index is 0.911. The second kappa shape index (κ2) is 16.0. The summed E-state index contributed by atoms with van der Waals surface area (Å²) in [4.78, 5) is 2.40. The summed E-state index contributed by atoms with van der Waals surface area (Å²) in [6, 6.07) is 0. The first-order valence-electron chi connectivity index (χ1n) is 8.44. The average molecular weight is 274 g/mol. The maximum Gasteiger partial charge on any atom is 0.0468 e. The molecule has 2 nitrogen and oxygen atoms in total. The molecule has 0 N–H and O–H groups in total. The minimum absolute atomic E-state index is 0.911. The summed E-state index contributed by atoms with van der Waals surface area (Å²) in [6.45, 7) is 17.2. The Balaban J connectivity index is 0. The van der Waals surface area contributed by atoms with Gasteiger partial charge in [-0.2, -0.15) is 0 Å². The molecule has 0 atom stereocenters. The van der Waals surface area contributed by atoms with Crippen molar-refractivity contribution in [3.63, 3.8) is 0 Å². The van der Waals surface area contributed by atoms with Crippen LogP contribution in [0, 0.1) is 11.8 Å². The first-order valence-corrected chi connectivity index (χ1v) is 8.44. The lowest BCUT2D eigenvalue weighted by Gasteiger charge is -2.26. The van der Waals surface area contributed by atoms with Gasteiger partial charge in [-0.1, -0.05) is 41.5 Å². The highest BCUT2D eigenvalue weighted by molar-refractivity contribution is 4.65. The van der Waals surface area contributed by atoms with E-state index in [4.69, 9.17) is 4.74 Å². The molecule has 2 fully saturated rings. The monoisotopic (exact) mass is 273 g/mol. The normalized spacial score (nSPS) is 21.0. The SMILES string of the molecule is CC.CC.CC1CCN(C)CC1.CC1CCOCC1. The van der Waals surface area contributed by atoms with Crippen molar-refractivity contribution in [2.24, 2.45) is 11.8 Å². The van der Waals surface area contributed by atoms with Gasteiger partial charge in [-0.3, -0.25) is 0 Å². The molecule has 0 bridgehead atoms. The van der Waals surface area contributed by atoms with Crippen LogP contribution < -0.4 is 0 Å². The molecule has 118 valence electrons. The topological polar surface area (TPSA) is 12.5 Å². The van der Waals surface area contributed by atoms with Crippen molar-refractivity contribution in [3.8, 4) is 0 Å². The Hall–Kier alpha value is -0.0800. The second-order valence-electron chi connectivity index (χ2n) is 5.28. The van der Waals surface area contributed by atoms with E-state index in [2.05, 4.69) is 25.8 Å². The molecule has 0 saturated carbocycles. The summed E-state index contributed by atoms with van der Waals surface area (Å²) < 4.78 is 5.14. The van der Waals surface area contributed by atoms with Crippen molar-refractivity contribution in [2.45, 2.75) is 67.2 Å². The number of nitrogens with zero attached hydrogens (tertiary/aromatic N) is 1. The van der Waals surface area contributed by atoms with E-state index >= 15 is 0 Å². The third-order valence-corrected chi connectivity index (χ3v) is 3.52. The van der Waals surface area contributed by atoms with E-state index in [1.54, 1.807) is 0 Å². The summed E-state index contributed by atoms with van der Waals surface area (Å²) in [5.74, 6) is 1.89. The lowest BCUT2D eigenvalue weighted by Crippen LogP contribution is -2.28. The molecule has 0 radical (unpaired) electrons. The summed E-state index contributed by atoms with van der Waals surface area (Å²) in [6.07, 6.45) is 5.33. The van der Waals surface area contributed by atoms with Crippen LogP contribution in [0.3, 0.4) is 0 Å². The van der Waals surface area contributed by atoms with Gasteiger partial charge in [0.15, 0.2) is 0 Å². The van der Waals surface area contributed by atoms with E-state index in [1.165, 1.54) is 38.8 Å². The van der Waals surface area contributed by atoms with Gasteiger partial charge in [0, 0.05) is 13.2 Å². The van der Waals surface area contributed by atoms with Crippen LogP contribution in [-0.4, -0.2) is 38.3 Å². The van der Waals surface area contributed by atoms with Gasteiger partial charge >= 0.3 is 0 Å². The number of ether oxygens (including phenoxy) is 1. The maximum atomic E-state index is 5.14. The van der Waals surface area contributed by atoms with Gasteiger partial charge in [0.05, 0.1) is 0 Å². The number of hydrogen-bond donors (Lipinski definition) is 0. The van der Waals surface area contributed by atoms with Crippen LogP contribution in [0.1, 0.15) is 67.2 Å². The highest BCUT2D eigenvalue weighted by atomic mass is 16.5. The molecule has 0 aromatic heterocycles. The van der Waals surface area contributed by atoms with E-state index in [-0.39, 0.29) is 0 Å². The van der Waals surface area contributed by atoms with Crippen molar-refractivity contribution >= 4 is 0 Å². The Bertz CT molecular complexity index is 137. The minimum Gasteiger partial charge on any atom is -0.381 e. The molecule has 0 aromatic carbocycles. The third-order valence-electron chi connectivity index (χ3n) is 3.52. The Labute approximate surface area is 122 Å². The van der Waals surface area contributed by atoms with Crippen molar-refractivity contribution in [2.75, 3.05) is 33.4 Å². The zero-order valence-corrected chi connectivity index (χ0v) is 14.7. The summed E-state index contributed by atoms with van der Waals surface area (Å²) >= 11 is 0. The molecule has 2 aliphatic rings. The van der Waals surface area contributed by atoms with Crippen molar-refractivity contribution in [1.29, 1.82) is 0 Å². The fraction of sp³-hybridized carbons (Fsp3) is 1.00. The van der Waals surface area contributed by atoms with Gasteiger partial charge in [0.2, 0.25) is 0 Å². The van der Waals surface area contributed by atoms with Crippen molar-refractivity contribution in [3.05, 3.63) is 0 Å². The first-order chi connectivity index (χ1) is 9.18. The quantitative estimate of drug-likeness (QED) is 0.626. The number of rotatable bonds is 0. The molecule has 2 rings (SSSR count). The zero-order chi connectivity index (χ0) is 15.1. The Morgan fingerprint density at radius 2 is 1.11 bits per heavy atom. The maximum absolute atomic E-state index is 5.14.